The monoisotopic (exact) mass is 272 g/mol. The Balaban J connectivity index is 2.40. The van der Waals surface area contributed by atoms with Crippen LogP contribution < -0.4 is 0 Å². The summed E-state index contributed by atoms with van der Waals surface area (Å²) in [7, 11) is 1.26. The van der Waals surface area contributed by atoms with Gasteiger partial charge in [0.25, 0.3) is 0 Å². The Kier molecular flexibility index (Phi) is 3.98. The topological polar surface area (TPSA) is 61.2 Å². The number of nitrogens with zero attached hydrogens (tertiary/aromatic N) is 2. The van der Waals surface area contributed by atoms with Crippen molar-refractivity contribution >= 4 is 12.3 Å². The molecule has 0 saturated heterocycles. The fourth-order valence-corrected chi connectivity index (χ4v) is 1.87. The van der Waals surface area contributed by atoms with E-state index in [1.165, 1.54) is 23.6 Å². The van der Waals surface area contributed by atoms with Gasteiger partial charge in [-0.25, -0.2) is 9.48 Å². The quantitative estimate of drug-likeness (QED) is 0.634. The van der Waals surface area contributed by atoms with Gasteiger partial charge in [0.1, 0.15) is 0 Å². The molecule has 2 rings (SSSR count). The van der Waals surface area contributed by atoms with E-state index in [9.17, 15) is 9.59 Å². The van der Waals surface area contributed by atoms with Gasteiger partial charge in [0.05, 0.1) is 18.4 Å². The van der Waals surface area contributed by atoms with Gasteiger partial charge in [-0.2, -0.15) is 5.10 Å². The van der Waals surface area contributed by atoms with Gasteiger partial charge in [-0.15, -0.1) is 0 Å². The normalized spacial score (nSPS) is 10.6. The minimum atomic E-state index is -0.621. The molecule has 0 unspecified atom stereocenters. The van der Waals surface area contributed by atoms with E-state index in [1.54, 1.807) is 0 Å². The fraction of sp³-hybridized carbons (Fsp3) is 0.267. The van der Waals surface area contributed by atoms with E-state index in [0.717, 1.165) is 5.69 Å². The number of rotatable bonds is 4. The van der Waals surface area contributed by atoms with E-state index in [-0.39, 0.29) is 11.3 Å². The number of hydrogen-bond donors (Lipinski definition) is 0. The van der Waals surface area contributed by atoms with Gasteiger partial charge in [0, 0.05) is 6.20 Å². The summed E-state index contributed by atoms with van der Waals surface area (Å²) in [5.74, 6) is -0.178. The first-order chi connectivity index (χ1) is 9.56. The second-order valence-corrected chi connectivity index (χ2v) is 4.73. The number of hydrogen-bond acceptors (Lipinski definition) is 4. The molecule has 5 nitrogen and oxygen atoms in total. The van der Waals surface area contributed by atoms with Gasteiger partial charge < -0.3 is 4.74 Å². The third-order valence-corrected chi connectivity index (χ3v) is 3.07. The molecule has 0 spiro atoms. The summed E-state index contributed by atoms with van der Waals surface area (Å²) in [5, 5.41) is 4.11. The van der Waals surface area contributed by atoms with Crippen molar-refractivity contribution in [1.82, 2.24) is 9.78 Å². The van der Waals surface area contributed by atoms with E-state index in [0.29, 0.717) is 12.2 Å². The molecule has 0 saturated carbocycles. The lowest BCUT2D eigenvalue weighted by molar-refractivity contribution is 0.0591. The molecule has 104 valence electrons. The Morgan fingerprint density at radius 1 is 1.30 bits per heavy atom. The van der Waals surface area contributed by atoms with Crippen LogP contribution in [0.25, 0.3) is 5.69 Å². The zero-order valence-corrected chi connectivity index (χ0v) is 11.7. The van der Waals surface area contributed by atoms with Crippen molar-refractivity contribution in [2.24, 2.45) is 0 Å². The third kappa shape index (κ3) is 2.61. The van der Waals surface area contributed by atoms with Crippen molar-refractivity contribution in [3.8, 4) is 5.69 Å². The molecule has 1 aromatic carbocycles. The van der Waals surface area contributed by atoms with E-state index in [2.05, 4.69) is 23.7 Å². The van der Waals surface area contributed by atoms with Gasteiger partial charge in [-0.1, -0.05) is 26.0 Å². The van der Waals surface area contributed by atoms with Crippen LogP contribution in [-0.4, -0.2) is 29.1 Å². The molecule has 5 heteroatoms. The molecule has 20 heavy (non-hydrogen) atoms. The van der Waals surface area contributed by atoms with E-state index in [1.807, 2.05) is 24.3 Å². The molecular formula is C15H16N2O3. The largest absolute Gasteiger partial charge is 0.464 e. The summed E-state index contributed by atoms with van der Waals surface area (Å²) < 4.78 is 6.10. The van der Waals surface area contributed by atoms with Gasteiger partial charge in [-0.3, -0.25) is 4.79 Å². The second-order valence-electron chi connectivity index (χ2n) is 4.73. The smallest absolute Gasteiger partial charge is 0.359 e. The van der Waals surface area contributed by atoms with Gasteiger partial charge >= 0.3 is 5.97 Å². The average Bonchev–Trinajstić information content (AvgIpc) is 2.90. The summed E-state index contributed by atoms with van der Waals surface area (Å²) in [6, 6.07) is 7.80. The molecule has 1 heterocycles. The summed E-state index contributed by atoms with van der Waals surface area (Å²) in [4.78, 5) is 22.5. The maximum atomic E-state index is 11.5. The molecule has 0 bridgehead atoms. The van der Waals surface area contributed by atoms with E-state index < -0.39 is 5.97 Å². The molecule has 0 N–H and O–H groups in total. The number of ether oxygens (including phenoxy) is 1. The fourth-order valence-electron chi connectivity index (χ4n) is 1.87. The standard InChI is InChI=1S/C15H16N2O3/c1-10(2)11-4-6-13(7-5-11)17-8-12(9-18)14(16-17)15(19)20-3/h4-10H,1-3H3. The Morgan fingerprint density at radius 2 is 1.95 bits per heavy atom. The Morgan fingerprint density at radius 3 is 2.45 bits per heavy atom. The molecule has 0 aliphatic rings. The summed E-state index contributed by atoms with van der Waals surface area (Å²) in [6.45, 7) is 4.23. The average molecular weight is 272 g/mol. The maximum Gasteiger partial charge on any atom is 0.359 e. The summed E-state index contributed by atoms with van der Waals surface area (Å²) >= 11 is 0. The highest BCUT2D eigenvalue weighted by atomic mass is 16.5. The van der Waals surface area contributed by atoms with Crippen molar-refractivity contribution in [3.63, 3.8) is 0 Å². The van der Waals surface area contributed by atoms with Crippen molar-refractivity contribution in [1.29, 1.82) is 0 Å². The van der Waals surface area contributed by atoms with Crippen LogP contribution in [0.5, 0.6) is 0 Å². The first-order valence-corrected chi connectivity index (χ1v) is 6.30. The molecule has 0 aliphatic heterocycles. The Labute approximate surface area is 117 Å². The molecule has 2 aromatic rings. The Bertz CT molecular complexity index is 627. The number of carbonyl (C=O) groups is 2. The van der Waals surface area contributed by atoms with Crippen LogP contribution >= 0.6 is 0 Å². The highest BCUT2D eigenvalue weighted by molar-refractivity contribution is 5.96. The number of benzene rings is 1. The van der Waals surface area contributed by atoms with Gasteiger partial charge in [0.2, 0.25) is 0 Å². The van der Waals surface area contributed by atoms with E-state index >= 15 is 0 Å². The lowest BCUT2D eigenvalue weighted by Gasteiger charge is -2.06. The minimum Gasteiger partial charge on any atom is -0.464 e. The van der Waals surface area contributed by atoms with Crippen LogP contribution in [0.1, 0.15) is 46.2 Å². The van der Waals surface area contributed by atoms with Crippen molar-refractivity contribution in [2.75, 3.05) is 7.11 Å². The zero-order chi connectivity index (χ0) is 14.7. The number of aromatic nitrogens is 2. The van der Waals surface area contributed by atoms with Crippen LogP contribution in [-0.2, 0) is 4.74 Å². The molecule has 0 fully saturated rings. The van der Waals surface area contributed by atoms with Crippen LogP contribution in [0.2, 0.25) is 0 Å². The van der Waals surface area contributed by atoms with Crippen molar-refractivity contribution < 1.29 is 14.3 Å². The van der Waals surface area contributed by atoms with Crippen molar-refractivity contribution in [2.45, 2.75) is 19.8 Å². The predicted molar refractivity (Wildman–Crippen MR) is 74.4 cm³/mol. The molecule has 1 aromatic heterocycles. The molecular weight excluding hydrogens is 256 g/mol. The zero-order valence-electron chi connectivity index (χ0n) is 11.7. The summed E-state index contributed by atoms with van der Waals surface area (Å²) in [6.07, 6.45) is 2.11. The molecule has 0 atom stereocenters. The van der Waals surface area contributed by atoms with Crippen molar-refractivity contribution in [3.05, 3.63) is 47.3 Å². The SMILES string of the molecule is COC(=O)c1nn(-c2ccc(C(C)C)cc2)cc1C=O. The number of aldehydes is 1. The number of esters is 1. The lowest BCUT2D eigenvalue weighted by Crippen LogP contribution is -2.06. The number of methoxy groups -OCH3 is 1. The highest BCUT2D eigenvalue weighted by Crippen LogP contribution is 2.17. The molecule has 0 radical (unpaired) electrons. The second kappa shape index (κ2) is 5.69. The lowest BCUT2D eigenvalue weighted by atomic mass is 10.0. The Hall–Kier alpha value is -2.43. The predicted octanol–water partition coefficient (Wildman–Crippen LogP) is 2.59. The molecule has 0 aliphatic carbocycles. The van der Waals surface area contributed by atoms with Crippen LogP contribution in [0, 0.1) is 0 Å². The number of carbonyl (C=O) groups excluding carboxylic acids is 2. The highest BCUT2D eigenvalue weighted by Gasteiger charge is 2.17. The first-order valence-electron chi connectivity index (χ1n) is 6.30. The van der Waals surface area contributed by atoms with E-state index in [4.69, 9.17) is 0 Å². The maximum absolute atomic E-state index is 11.5. The van der Waals surface area contributed by atoms with Gasteiger partial charge in [-0.05, 0) is 23.6 Å². The molecule has 0 amide bonds. The van der Waals surface area contributed by atoms with Crippen LogP contribution in [0.4, 0.5) is 0 Å². The van der Waals surface area contributed by atoms with Gasteiger partial charge in [0.15, 0.2) is 12.0 Å². The first kappa shape index (κ1) is 14.0. The minimum absolute atomic E-state index is 0.0236. The summed E-state index contributed by atoms with van der Waals surface area (Å²) in [5.41, 5.74) is 2.23. The van der Waals surface area contributed by atoms with Crippen LogP contribution in [0.15, 0.2) is 30.5 Å². The third-order valence-electron chi connectivity index (χ3n) is 3.07. The van der Waals surface area contributed by atoms with Crippen LogP contribution in [0.3, 0.4) is 0 Å².